The van der Waals surface area contributed by atoms with Crippen molar-refractivity contribution in [2.45, 2.75) is 27.7 Å². The number of hydrogen-bond acceptors (Lipinski definition) is 3. The van der Waals surface area contributed by atoms with Crippen molar-refractivity contribution in [3.05, 3.63) is 0 Å². The van der Waals surface area contributed by atoms with E-state index < -0.39 is 10.8 Å². The standard InChI is InChI=1S/C8H19NO2S.C2H6/c1-5-9-6-8(2)7-12(9,10-3)11-4;1-2/h8H,5-7H2,1-4H3;1-2H3. The molecular weight excluding hydrogens is 198 g/mol. The molecule has 1 heterocycles. The second-order valence-corrected chi connectivity index (χ2v) is 5.85. The molecule has 0 N–H and O–H groups in total. The topological polar surface area (TPSA) is 21.7 Å². The SMILES string of the molecule is CC.CCN1CC(C)CS1(OC)OC. The van der Waals surface area contributed by atoms with E-state index >= 15 is 0 Å². The van der Waals surface area contributed by atoms with E-state index in [-0.39, 0.29) is 0 Å². The summed E-state index contributed by atoms with van der Waals surface area (Å²) in [4.78, 5) is 0. The first-order chi connectivity index (χ1) is 6.68. The first-order valence-electron chi connectivity index (χ1n) is 5.35. The van der Waals surface area contributed by atoms with Gasteiger partial charge in [-0.1, -0.05) is 27.7 Å². The maximum atomic E-state index is 5.51. The van der Waals surface area contributed by atoms with Crippen LogP contribution in [-0.2, 0) is 8.37 Å². The first kappa shape index (κ1) is 14.2. The molecule has 1 saturated heterocycles. The minimum absolute atomic E-state index is 0.694. The van der Waals surface area contributed by atoms with Gasteiger partial charge in [0.1, 0.15) is 0 Å². The second kappa shape index (κ2) is 6.67. The van der Waals surface area contributed by atoms with Crippen LogP contribution >= 0.6 is 10.8 Å². The lowest BCUT2D eigenvalue weighted by Gasteiger charge is -2.43. The molecule has 1 aliphatic rings. The Morgan fingerprint density at radius 1 is 1.29 bits per heavy atom. The molecule has 1 aliphatic heterocycles. The van der Waals surface area contributed by atoms with Crippen molar-refractivity contribution >= 4 is 10.8 Å². The quantitative estimate of drug-likeness (QED) is 0.734. The van der Waals surface area contributed by atoms with E-state index in [1.54, 1.807) is 14.2 Å². The average Bonchev–Trinajstić information content (AvgIpc) is 2.58. The fourth-order valence-corrected chi connectivity index (χ4v) is 4.46. The van der Waals surface area contributed by atoms with Gasteiger partial charge in [-0.3, -0.25) is 8.37 Å². The monoisotopic (exact) mass is 223 g/mol. The minimum atomic E-state index is -1.34. The number of rotatable bonds is 3. The third-order valence-corrected chi connectivity index (χ3v) is 5.50. The zero-order valence-corrected chi connectivity index (χ0v) is 11.2. The van der Waals surface area contributed by atoms with E-state index in [4.69, 9.17) is 8.37 Å². The van der Waals surface area contributed by atoms with E-state index in [1.807, 2.05) is 13.8 Å². The van der Waals surface area contributed by atoms with Crippen molar-refractivity contribution < 1.29 is 8.37 Å². The molecule has 1 rings (SSSR count). The Bertz CT molecular complexity index is 151. The van der Waals surface area contributed by atoms with Crippen LogP contribution in [0.2, 0.25) is 0 Å². The van der Waals surface area contributed by atoms with Gasteiger partial charge in [0.05, 0.1) is 20.0 Å². The average molecular weight is 223 g/mol. The maximum Gasteiger partial charge on any atom is 0.0620 e. The van der Waals surface area contributed by atoms with E-state index in [0.717, 1.165) is 18.8 Å². The molecule has 1 atom stereocenters. The van der Waals surface area contributed by atoms with Gasteiger partial charge in [-0.2, -0.15) is 0 Å². The molecule has 0 spiro atoms. The van der Waals surface area contributed by atoms with Gasteiger partial charge in [0.15, 0.2) is 0 Å². The van der Waals surface area contributed by atoms with Crippen LogP contribution in [0.15, 0.2) is 0 Å². The van der Waals surface area contributed by atoms with Gasteiger partial charge in [0.2, 0.25) is 0 Å². The Kier molecular flexibility index (Phi) is 6.78. The molecule has 0 amide bonds. The molecule has 3 nitrogen and oxygen atoms in total. The van der Waals surface area contributed by atoms with Crippen molar-refractivity contribution in [3.8, 4) is 0 Å². The molecule has 1 fully saturated rings. The molecule has 1 unspecified atom stereocenters. The lowest BCUT2D eigenvalue weighted by molar-refractivity contribution is 0.297. The summed E-state index contributed by atoms with van der Waals surface area (Å²) in [5.74, 6) is 1.74. The molecule has 0 radical (unpaired) electrons. The largest absolute Gasteiger partial charge is 0.274 e. The molecule has 0 aromatic heterocycles. The summed E-state index contributed by atoms with van der Waals surface area (Å²) in [6.07, 6.45) is 0. The third kappa shape index (κ3) is 2.86. The molecule has 14 heavy (non-hydrogen) atoms. The van der Waals surface area contributed by atoms with Crippen LogP contribution < -0.4 is 0 Å². The summed E-state index contributed by atoms with van der Waals surface area (Å²) in [6, 6.07) is 0. The predicted octanol–water partition coefficient (Wildman–Crippen LogP) is 2.83. The summed E-state index contributed by atoms with van der Waals surface area (Å²) in [6.45, 7) is 10.5. The van der Waals surface area contributed by atoms with Crippen molar-refractivity contribution in [2.24, 2.45) is 5.92 Å². The first-order valence-corrected chi connectivity index (χ1v) is 6.96. The van der Waals surface area contributed by atoms with Gasteiger partial charge in [0.25, 0.3) is 0 Å². The smallest absolute Gasteiger partial charge is 0.0620 e. The normalized spacial score (nSPS) is 28.0. The summed E-state index contributed by atoms with van der Waals surface area (Å²) in [7, 11) is 2.16. The van der Waals surface area contributed by atoms with Crippen LogP contribution in [0.3, 0.4) is 0 Å². The van der Waals surface area contributed by atoms with Gasteiger partial charge in [-0.25, -0.2) is 4.31 Å². The highest BCUT2D eigenvalue weighted by Crippen LogP contribution is 2.57. The van der Waals surface area contributed by atoms with Crippen LogP contribution in [-0.4, -0.2) is 37.4 Å². The lowest BCUT2D eigenvalue weighted by Crippen LogP contribution is -2.25. The van der Waals surface area contributed by atoms with Crippen LogP contribution in [0.25, 0.3) is 0 Å². The molecule has 0 saturated carbocycles. The number of nitrogens with zero attached hydrogens (tertiary/aromatic N) is 1. The summed E-state index contributed by atoms with van der Waals surface area (Å²) in [5, 5.41) is 0. The molecule has 4 heteroatoms. The number of hydrogen-bond donors (Lipinski definition) is 0. The van der Waals surface area contributed by atoms with Crippen LogP contribution in [0.5, 0.6) is 0 Å². The van der Waals surface area contributed by atoms with Crippen LogP contribution in [0.4, 0.5) is 0 Å². The highest BCUT2D eigenvalue weighted by Gasteiger charge is 2.36. The molecular formula is C10H25NO2S. The zero-order valence-electron chi connectivity index (χ0n) is 10.4. The molecule has 0 aromatic rings. The van der Waals surface area contributed by atoms with Crippen molar-refractivity contribution in [2.75, 3.05) is 33.1 Å². The van der Waals surface area contributed by atoms with E-state index in [9.17, 15) is 0 Å². The van der Waals surface area contributed by atoms with Gasteiger partial charge in [0, 0.05) is 13.1 Å². The van der Waals surface area contributed by atoms with Gasteiger partial charge < -0.3 is 0 Å². The van der Waals surface area contributed by atoms with E-state index in [2.05, 4.69) is 18.2 Å². The van der Waals surface area contributed by atoms with Crippen molar-refractivity contribution in [1.29, 1.82) is 0 Å². The lowest BCUT2D eigenvalue weighted by atomic mass is 10.2. The van der Waals surface area contributed by atoms with E-state index in [1.165, 1.54) is 0 Å². The predicted molar refractivity (Wildman–Crippen MR) is 64.2 cm³/mol. The van der Waals surface area contributed by atoms with Crippen molar-refractivity contribution in [3.63, 3.8) is 0 Å². The fraction of sp³-hybridized carbons (Fsp3) is 1.00. The summed E-state index contributed by atoms with van der Waals surface area (Å²) in [5.41, 5.74) is 0. The van der Waals surface area contributed by atoms with E-state index in [0.29, 0.717) is 5.92 Å². The Morgan fingerprint density at radius 2 is 1.79 bits per heavy atom. The molecule has 0 aliphatic carbocycles. The van der Waals surface area contributed by atoms with Gasteiger partial charge in [-0.15, -0.1) is 10.8 Å². The minimum Gasteiger partial charge on any atom is -0.274 e. The summed E-state index contributed by atoms with van der Waals surface area (Å²) >= 11 is 0. The van der Waals surface area contributed by atoms with Crippen LogP contribution in [0, 0.1) is 5.92 Å². The Morgan fingerprint density at radius 3 is 2.07 bits per heavy atom. The zero-order chi connectivity index (χ0) is 11.2. The molecule has 0 bridgehead atoms. The van der Waals surface area contributed by atoms with Gasteiger partial charge >= 0.3 is 0 Å². The molecule has 0 aromatic carbocycles. The third-order valence-electron chi connectivity index (χ3n) is 2.28. The van der Waals surface area contributed by atoms with Crippen LogP contribution in [0.1, 0.15) is 27.7 Å². The highest BCUT2D eigenvalue weighted by atomic mass is 32.3. The fourth-order valence-electron chi connectivity index (χ4n) is 1.72. The summed E-state index contributed by atoms with van der Waals surface area (Å²) < 4.78 is 13.3. The Balaban J connectivity index is 0.000000791. The highest BCUT2D eigenvalue weighted by molar-refractivity contribution is 8.24. The Hall–Kier alpha value is 0.230. The maximum absolute atomic E-state index is 5.51. The Labute approximate surface area is 90.6 Å². The second-order valence-electron chi connectivity index (χ2n) is 3.17. The molecule has 88 valence electrons. The van der Waals surface area contributed by atoms with Gasteiger partial charge in [-0.05, 0) is 5.92 Å². The van der Waals surface area contributed by atoms with Crippen molar-refractivity contribution in [1.82, 2.24) is 4.31 Å².